The fraction of sp³-hybridized carbons (Fsp3) is 0.667. The molecule has 0 aliphatic carbocycles. The van der Waals surface area contributed by atoms with Gasteiger partial charge < -0.3 is 0 Å². The van der Waals surface area contributed by atoms with Crippen molar-refractivity contribution in [2.45, 2.75) is 30.2 Å². The summed E-state index contributed by atoms with van der Waals surface area (Å²) in [7, 11) is -1.87. The molecule has 0 aliphatic rings. The smallest absolute Gasteiger partial charge is 0.256 e. The van der Waals surface area contributed by atoms with E-state index < -0.39 is 10.0 Å². The first-order valence-electron chi connectivity index (χ1n) is 5.09. The third kappa shape index (κ3) is 3.47. The van der Waals surface area contributed by atoms with E-state index in [9.17, 15) is 8.42 Å². The summed E-state index contributed by atoms with van der Waals surface area (Å²) in [6, 6.07) is 1.46. The molecule has 0 spiro atoms. The van der Waals surface area contributed by atoms with Gasteiger partial charge in [-0.2, -0.15) is 5.10 Å². The van der Waals surface area contributed by atoms with Crippen LogP contribution in [0.25, 0.3) is 0 Å². The highest BCUT2D eigenvalue weighted by atomic mass is 35.5. The standard InChI is InChI=1S/C9H16ClN3O2S/c1-3-8(10)4-7-12-16(14,15)9-5-6-11-13(9)2/h5-6,8,12H,3-4,7H2,1-2H3. The lowest BCUT2D eigenvalue weighted by Crippen LogP contribution is -2.28. The number of halogens is 1. The van der Waals surface area contributed by atoms with Crippen LogP contribution in [-0.4, -0.2) is 30.1 Å². The lowest BCUT2D eigenvalue weighted by molar-refractivity contribution is 0.559. The molecule has 1 rings (SSSR count). The summed E-state index contributed by atoms with van der Waals surface area (Å²) in [5, 5.41) is 3.98. The molecule has 7 heteroatoms. The zero-order chi connectivity index (χ0) is 12.2. The fourth-order valence-corrected chi connectivity index (χ4v) is 2.53. The van der Waals surface area contributed by atoms with E-state index in [0.717, 1.165) is 6.42 Å². The Labute approximate surface area is 101 Å². The summed E-state index contributed by atoms with van der Waals surface area (Å²) in [6.07, 6.45) is 2.90. The first kappa shape index (κ1) is 13.5. The molecule has 16 heavy (non-hydrogen) atoms. The summed E-state index contributed by atoms with van der Waals surface area (Å²) >= 11 is 5.90. The fourth-order valence-electron chi connectivity index (χ4n) is 1.25. The zero-order valence-corrected chi connectivity index (χ0v) is 10.9. The maximum absolute atomic E-state index is 11.8. The van der Waals surface area contributed by atoms with Crippen LogP contribution in [0.4, 0.5) is 0 Å². The summed E-state index contributed by atoms with van der Waals surface area (Å²) in [5.41, 5.74) is 0. The van der Waals surface area contributed by atoms with Gasteiger partial charge in [0.25, 0.3) is 10.0 Å². The van der Waals surface area contributed by atoms with Gasteiger partial charge in [-0.25, -0.2) is 13.1 Å². The molecule has 1 N–H and O–H groups in total. The number of nitrogens with one attached hydrogen (secondary N) is 1. The number of nitrogens with zero attached hydrogens (tertiary/aromatic N) is 2. The van der Waals surface area contributed by atoms with Gasteiger partial charge in [-0.1, -0.05) is 6.92 Å². The van der Waals surface area contributed by atoms with Gasteiger partial charge in [0.05, 0.1) is 6.20 Å². The Balaban J connectivity index is 2.57. The van der Waals surface area contributed by atoms with E-state index in [1.54, 1.807) is 7.05 Å². The first-order valence-corrected chi connectivity index (χ1v) is 7.01. The number of hydrogen-bond acceptors (Lipinski definition) is 3. The molecule has 0 amide bonds. The Bertz CT molecular complexity index is 430. The van der Waals surface area contributed by atoms with Crippen molar-refractivity contribution in [2.24, 2.45) is 7.05 Å². The Morgan fingerprint density at radius 3 is 2.81 bits per heavy atom. The number of aryl methyl sites for hydroxylation is 1. The molecule has 92 valence electrons. The molecular weight excluding hydrogens is 250 g/mol. The zero-order valence-electron chi connectivity index (χ0n) is 9.35. The van der Waals surface area contributed by atoms with Gasteiger partial charge in [0.2, 0.25) is 0 Å². The highest BCUT2D eigenvalue weighted by Crippen LogP contribution is 2.08. The van der Waals surface area contributed by atoms with Crippen LogP contribution in [0.5, 0.6) is 0 Å². The highest BCUT2D eigenvalue weighted by molar-refractivity contribution is 7.89. The quantitative estimate of drug-likeness (QED) is 0.784. The predicted molar refractivity (Wildman–Crippen MR) is 62.9 cm³/mol. The summed E-state index contributed by atoms with van der Waals surface area (Å²) in [6.45, 7) is 2.31. The summed E-state index contributed by atoms with van der Waals surface area (Å²) in [5.74, 6) is 0. The van der Waals surface area contributed by atoms with Crippen LogP contribution in [0.2, 0.25) is 0 Å². The van der Waals surface area contributed by atoms with E-state index in [0.29, 0.717) is 13.0 Å². The molecule has 1 unspecified atom stereocenters. The summed E-state index contributed by atoms with van der Waals surface area (Å²) < 4.78 is 27.4. The second-order valence-corrected chi connectivity index (χ2v) is 5.82. The SMILES string of the molecule is CCC(Cl)CCNS(=O)(=O)c1ccnn1C. The van der Waals surface area contributed by atoms with Gasteiger partial charge in [-0.3, -0.25) is 4.68 Å². The van der Waals surface area contributed by atoms with Crippen LogP contribution in [0.1, 0.15) is 19.8 Å². The van der Waals surface area contributed by atoms with Crippen LogP contribution in [0, 0.1) is 0 Å². The molecule has 0 bridgehead atoms. The third-order valence-corrected chi connectivity index (χ3v) is 4.31. The molecule has 5 nitrogen and oxygen atoms in total. The molecule has 1 atom stereocenters. The second kappa shape index (κ2) is 5.65. The van der Waals surface area contributed by atoms with Crippen molar-refractivity contribution in [1.82, 2.24) is 14.5 Å². The molecule has 0 fully saturated rings. The minimum Gasteiger partial charge on any atom is -0.256 e. The predicted octanol–water partition coefficient (Wildman–Crippen LogP) is 1.11. The number of aromatic nitrogens is 2. The van der Waals surface area contributed by atoms with Gasteiger partial charge in [-0.05, 0) is 18.9 Å². The molecular formula is C9H16ClN3O2S. The van der Waals surface area contributed by atoms with Gasteiger partial charge >= 0.3 is 0 Å². The van der Waals surface area contributed by atoms with Crippen molar-refractivity contribution < 1.29 is 8.42 Å². The maximum Gasteiger partial charge on any atom is 0.257 e. The summed E-state index contributed by atoms with van der Waals surface area (Å²) in [4.78, 5) is 0. The Morgan fingerprint density at radius 1 is 1.62 bits per heavy atom. The van der Waals surface area contributed by atoms with Gasteiger partial charge in [-0.15, -0.1) is 11.6 Å². The number of rotatable bonds is 6. The average Bonchev–Trinajstić information content (AvgIpc) is 2.64. The number of alkyl halides is 1. The number of hydrogen-bond donors (Lipinski definition) is 1. The van der Waals surface area contributed by atoms with Crippen LogP contribution in [0.3, 0.4) is 0 Å². The molecule has 0 radical (unpaired) electrons. The van der Waals surface area contributed by atoms with Crippen molar-refractivity contribution in [1.29, 1.82) is 0 Å². The van der Waals surface area contributed by atoms with Gasteiger partial charge in [0, 0.05) is 19.0 Å². The minimum absolute atomic E-state index is 0.00855. The van der Waals surface area contributed by atoms with Gasteiger partial charge in [0.15, 0.2) is 5.03 Å². The third-order valence-electron chi connectivity index (χ3n) is 2.24. The molecule has 1 aromatic rings. The van der Waals surface area contributed by atoms with E-state index >= 15 is 0 Å². The van der Waals surface area contributed by atoms with Gasteiger partial charge in [0.1, 0.15) is 0 Å². The van der Waals surface area contributed by atoms with E-state index in [2.05, 4.69) is 9.82 Å². The molecule has 1 aromatic heterocycles. The Morgan fingerprint density at radius 2 is 2.31 bits per heavy atom. The normalized spacial score (nSPS) is 13.9. The molecule has 0 aromatic carbocycles. The maximum atomic E-state index is 11.8. The largest absolute Gasteiger partial charge is 0.257 e. The lowest BCUT2D eigenvalue weighted by Gasteiger charge is -2.08. The van der Waals surface area contributed by atoms with Crippen LogP contribution < -0.4 is 4.72 Å². The second-order valence-electron chi connectivity index (χ2n) is 3.49. The minimum atomic E-state index is -3.46. The topological polar surface area (TPSA) is 64.0 Å². The van der Waals surface area contributed by atoms with Crippen molar-refractivity contribution in [3.63, 3.8) is 0 Å². The van der Waals surface area contributed by atoms with Crippen molar-refractivity contribution >= 4 is 21.6 Å². The monoisotopic (exact) mass is 265 g/mol. The molecule has 0 saturated carbocycles. The van der Waals surface area contributed by atoms with Crippen LogP contribution in [-0.2, 0) is 17.1 Å². The molecule has 0 saturated heterocycles. The molecule has 1 heterocycles. The Hall–Kier alpha value is -0.590. The van der Waals surface area contributed by atoms with Crippen molar-refractivity contribution in [3.05, 3.63) is 12.3 Å². The lowest BCUT2D eigenvalue weighted by atomic mass is 10.2. The van der Waals surface area contributed by atoms with E-state index in [-0.39, 0.29) is 10.4 Å². The molecule has 0 aliphatic heterocycles. The Kier molecular flexibility index (Phi) is 4.76. The van der Waals surface area contributed by atoms with E-state index in [1.807, 2.05) is 6.92 Å². The van der Waals surface area contributed by atoms with Crippen molar-refractivity contribution in [2.75, 3.05) is 6.54 Å². The van der Waals surface area contributed by atoms with Crippen LogP contribution in [0.15, 0.2) is 17.3 Å². The van der Waals surface area contributed by atoms with Crippen LogP contribution >= 0.6 is 11.6 Å². The van der Waals surface area contributed by atoms with E-state index in [4.69, 9.17) is 11.6 Å². The highest BCUT2D eigenvalue weighted by Gasteiger charge is 2.17. The van der Waals surface area contributed by atoms with Crippen molar-refractivity contribution in [3.8, 4) is 0 Å². The number of sulfonamides is 1. The average molecular weight is 266 g/mol. The van der Waals surface area contributed by atoms with E-state index in [1.165, 1.54) is 16.9 Å². The first-order chi connectivity index (χ1) is 7.47.